The Balaban J connectivity index is 2.07. The topological polar surface area (TPSA) is 76.4 Å². The van der Waals surface area contributed by atoms with Gasteiger partial charge in [0.2, 0.25) is 0 Å². The van der Waals surface area contributed by atoms with Crippen molar-refractivity contribution in [1.82, 2.24) is 9.80 Å². The molecular weight excluding hydrogens is 284 g/mol. The molecule has 0 saturated carbocycles. The molecule has 0 unspecified atom stereocenters. The maximum Gasteiger partial charge on any atom is 0.129 e. The van der Waals surface area contributed by atoms with Gasteiger partial charge in [0.25, 0.3) is 0 Å². The van der Waals surface area contributed by atoms with Crippen molar-refractivity contribution in [1.29, 1.82) is 0 Å². The predicted molar refractivity (Wildman–Crippen MR) is 83.6 cm³/mol. The van der Waals surface area contributed by atoms with Crippen LogP contribution in [0, 0.1) is 0 Å². The molecule has 1 fully saturated rings. The maximum atomic E-state index is 9.55. The minimum Gasteiger partial charge on any atom is -0.496 e. The largest absolute Gasteiger partial charge is 0.496 e. The summed E-state index contributed by atoms with van der Waals surface area (Å²) in [7, 11) is 1.60. The third-order valence-corrected chi connectivity index (χ3v) is 4.25. The molecule has 124 valence electrons. The van der Waals surface area contributed by atoms with Gasteiger partial charge in [0.05, 0.1) is 26.9 Å². The molecule has 3 N–H and O–H groups in total. The molecule has 1 aliphatic rings. The lowest BCUT2D eigenvalue weighted by Gasteiger charge is -2.34. The number of rotatable bonds is 7. The minimum atomic E-state index is -0.142. The molecule has 1 aromatic carbocycles. The van der Waals surface area contributed by atoms with Crippen molar-refractivity contribution in [2.75, 3.05) is 46.4 Å². The molecule has 0 amide bonds. The smallest absolute Gasteiger partial charge is 0.129 e. The quantitative estimate of drug-likeness (QED) is 0.647. The Bertz CT molecular complexity index is 473. The van der Waals surface area contributed by atoms with E-state index in [1.54, 1.807) is 7.11 Å². The van der Waals surface area contributed by atoms with E-state index in [2.05, 4.69) is 9.80 Å². The number of aliphatic hydroxyl groups excluding tert-OH is 3. The third-order valence-electron chi connectivity index (χ3n) is 4.25. The molecular formula is C16H26N2O4. The van der Waals surface area contributed by atoms with Crippen LogP contribution >= 0.6 is 0 Å². The fourth-order valence-corrected chi connectivity index (χ4v) is 2.97. The van der Waals surface area contributed by atoms with Gasteiger partial charge in [0, 0.05) is 50.4 Å². The second-order valence-electron chi connectivity index (χ2n) is 5.55. The normalized spacial score (nSPS) is 16.9. The number of hydrogen-bond acceptors (Lipinski definition) is 6. The predicted octanol–water partition coefficient (Wildman–Crippen LogP) is -0.210. The van der Waals surface area contributed by atoms with Crippen LogP contribution in [-0.2, 0) is 19.8 Å². The van der Waals surface area contributed by atoms with Crippen molar-refractivity contribution in [3.63, 3.8) is 0 Å². The van der Waals surface area contributed by atoms with Crippen molar-refractivity contribution in [2.24, 2.45) is 0 Å². The Morgan fingerprint density at radius 3 is 2.14 bits per heavy atom. The highest BCUT2D eigenvalue weighted by molar-refractivity contribution is 5.46. The van der Waals surface area contributed by atoms with E-state index < -0.39 is 0 Å². The van der Waals surface area contributed by atoms with Crippen molar-refractivity contribution in [3.8, 4) is 5.75 Å². The molecule has 2 rings (SSSR count). The highest BCUT2D eigenvalue weighted by Crippen LogP contribution is 2.29. The SMILES string of the molecule is COc1c(CN2CCN(CCO)CC2)ccc(CO)c1CO. The van der Waals surface area contributed by atoms with Crippen LogP contribution in [0.5, 0.6) is 5.75 Å². The second-order valence-corrected chi connectivity index (χ2v) is 5.55. The zero-order valence-electron chi connectivity index (χ0n) is 13.2. The van der Waals surface area contributed by atoms with Gasteiger partial charge < -0.3 is 20.1 Å². The summed E-state index contributed by atoms with van der Waals surface area (Å²) in [6, 6.07) is 3.81. The molecule has 1 saturated heterocycles. The van der Waals surface area contributed by atoms with Gasteiger partial charge in [0.15, 0.2) is 0 Å². The summed E-state index contributed by atoms with van der Waals surface area (Å²) in [4.78, 5) is 4.59. The van der Waals surface area contributed by atoms with E-state index in [1.807, 2.05) is 12.1 Å². The first-order valence-electron chi connectivity index (χ1n) is 7.68. The van der Waals surface area contributed by atoms with Crippen molar-refractivity contribution < 1.29 is 20.1 Å². The van der Waals surface area contributed by atoms with Crippen LogP contribution in [-0.4, -0.2) is 71.6 Å². The van der Waals surface area contributed by atoms with E-state index in [4.69, 9.17) is 9.84 Å². The van der Waals surface area contributed by atoms with E-state index in [-0.39, 0.29) is 19.8 Å². The lowest BCUT2D eigenvalue weighted by atomic mass is 10.0. The van der Waals surface area contributed by atoms with Crippen LogP contribution in [0.25, 0.3) is 0 Å². The lowest BCUT2D eigenvalue weighted by Crippen LogP contribution is -2.46. The third kappa shape index (κ3) is 3.97. The van der Waals surface area contributed by atoms with Gasteiger partial charge in [-0.3, -0.25) is 9.80 Å². The number of aliphatic hydroxyl groups is 3. The summed E-state index contributed by atoms with van der Waals surface area (Å²) < 4.78 is 5.47. The highest BCUT2D eigenvalue weighted by atomic mass is 16.5. The maximum absolute atomic E-state index is 9.55. The number of benzene rings is 1. The summed E-state index contributed by atoms with van der Waals surface area (Å²) in [5.41, 5.74) is 2.40. The average molecular weight is 310 g/mol. The highest BCUT2D eigenvalue weighted by Gasteiger charge is 2.19. The number of β-amino-alcohol motifs (C(OH)–C–C–N with tert-alkyl or cyclic N) is 1. The summed E-state index contributed by atoms with van der Waals surface area (Å²) in [5, 5.41) is 27.9. The van der Waals surface area contributed by atoms with Crippen LogP contribution in [0.2, 0.25) is 0 Å². The number of hydrogen-bond donors (Lipinski definition) is 3. The van der Waals surface area contributed by atoms with E-state index >= 15 is 0 Å². The first-order valence-corrected chi connectivity index (χ1v) is 7.68. The van der Waals surface area contributed by atoms with E-state index in [0.29, 0.717) is 16.9 Å². The molecule has 1 heterocycles. The number of piperazine rings is 1. The number of nitrogens with zero attached hydrogens (tertiary/aromatic N) is 2. The fourth-order valence-electron chi connectivity index (χ4n) is 2.97. The summed E-state index contributed by atoms with van der Waals surface area (Å²) in [6.45, 7) is 5.24. The van der Waals surface area contributed by atoms with E-state index in [0.717, 1.165) is 44.8 Å². The van der Waals surface area contributed by atoms with Crippen LogP contribution in [0.1, 0.15) is 16.7 Å². The fraction of sp³-hybridized carbons (Fsp3) is 0.625. The monoisotopic (exact) mass is 310 g/mol. The van der Waals surface area contributed by atoms with Gasteiger partial charge >= 0.3 is 0 Å². The average Bonchev–Trinajstić information content (AvgIpc) is 2.56. The summed E-state index contributed by atoms with van der Waals surface area (Å²) in [6.07, 6.45) is 0. The van der Waals surface area contributed by atoms with Gasteiger partial charge in [-0.1, -0.05) is 12.1 Å². The van der Waals surface area contributed by atoms with Crippen LogP contribution in [0.15, 0.2) is 12.1 Å². The summed E-state index contributed by atoms with van der Waals surface area (Å²) >= 11 is 0. The Labute approximate surface area is 131 Å². The first-order chi connectivity index (χ1) is 10.7. The molecule has 0 bridgehead atoms. The van der Waals surface area contributed by atoms with Crippen LogP contribution in [0.4, 0.5) is 0 Å². The van der Waals surface area contributed by atoms with Crippen molar-refractivity contribution in [3.05, 3.63) is 28.8 Å². The molecule has 6 heteroatoms. The second kappa shape index (κ2) is 8.45. The van der Waals surface area contributed by atoms with Gasteiger partial charge in [-0.05, 0) is 5.56 Å². The molecule has 0 aliphatic carbocycles. The van der Waals surface area contributed by atoms with Gasteiger partial charge in [0.1, 0.15) is 5.75 Å². The van der Waals surface area contributed by atoms with Crippen molar-refractivity contribution in [2.45, 2.75) is 19.8 Å². The zero-order chi connectivity index (χ0) is 15.9. The van der Waals surface area contributed by atoms with E-state index in [9.17, 15) is 10.2 Å². The van der Waals surface area contributed by atoms with Gasteiger partial charge in [-0.15, -0.1) is 0 Å². The minimum absolute atomic E-state index is 0.105. The molecule has 22 heavy (non-hydrogen) atoms. The number of methoxy groups -OCH3 is 1. The molecule has 1 aromatic rings. The Kier molecular flexibility index (Phi) is 6.60. The summed E-state index contributed by atoms with van der Waals surface area (Å²) in [5.74, 6) is 0.673. The molecule has 0 aromatic heterocycles. The Morgan fingerprint density at radius 2 is 1.59 bits per heavy atom. The van der Waals surface area contributed by atoms with Gasteiger partial charge in [-0.25, -0.2) is 0 Å². The molecule has 0 spiro atoms. The molecule has 6 nitrogen and oxygen atoms in total. The number of ether oxygens (including phenoxy) is 1. The van der Waals surface area contributed by atoms with Crippen LogP contribution < -0.4 is 4.74 Å². The van der Waals surface area contributed by atoms with Crippen molar-refractivity contribution >= 4 is 0 Å². The molecule has 0 atom stereocenters. The van der Waals surface area contributed by atoms with Gasteiger partial charge in [-0.2, -0.15) is 0 Å². The molecule has 1 aliphatic heterocycles. The van der Waals surface area contributed by atoms with Crippen LogP contribution in [0.3, 0.4) is 0 Å². The molecule has 0 radical (unpaired) electrons. The zero-order valence-corrected chi connectivity index (χ0v) is 13.2. The first kappa shape index (κ1) is 17.2. The Morgan fingerprint density at radius 1 is 0.955 bits per heavy atom. The standard InChI is InChI=1S/C16H26N2O4/c1-22-16-13(2-3-14(11-20)15(16)12-21)10-18-6-4-17(5-7-18)8-9-19/h2-3,19-21H,4-12H2,1H3. The van der Waals surface area contributed by atoms with E-state index in [1.165, 1.54) is 0 Å². The Hall–Kier alpha value is -1.18. The lowest BCUT2D eigenvalue weighted by molar-refractivity contribution is 0.108.